The third-order valence-electron chi connectivity index (χ3n) is 2.54. The van der Waals surface area contributed by atoms with Gasteiger partial charge < -0.3 is 10.6 Å². The van der Waals surface area contributed by atoms with Crippen molar-refractivity contribution < 1.29 is 0 Å². The van der Waals surface area contributed by atoms with Gasteiger partial charge in [0.25, 0.3) is 0 Å². The lowest BCUT2D eigenvalue weighted by Crippen LogP contribution is -2.22. The molecule has 1 heterocycles. The van der Waals surface area contributed by atoms with Crippen LogP contribution in [0.15, 0.2) is 18.2 Å². The molecule has 1 aliphatic heterocycles. The van der Waals surface area contributed by atoms with E-state index in [1.807, 2.05) is 12.1 Å². The Balaban J connectivity index is 2.10. The summed E-state index contributed by atoms with van der Waals surface area (Å²) < 4.78 is 0. The fraction of sp³-hybridized carbons (Fsp3) is 0.455. The Labute approximate surface area is 89.7 Å². The molecule has 0 bridgehead atoms. The van der Waals surface area contributed by atoms with Crippen LogP contribution in [0.25, 0.3) is 0 Å². The smallest absolute Gasteiger partial charge is 0.0637 e. The van der Waals surface area contributed by atoms with E-state index in [2.05, 4.69) is 23.6 Å². The minimum Gasteiger partial charge on any atom is -0.380 e. The second-order valence-electron chi connectivity index (χ2n) is 3.82. The monoisotopic (exact) mass is 210 g/mol. The first-order chi connectivity index (χ1) is 6.75. The van der Waals surface area contributed by atoms with E-state index in [0.717, 1.165) is 23.8 Å². The van der Waals surface area contributed by atoms with Crippen molar-refractivity contribution in [1.82, 2.24) is 5.32 Å². The number of hydrogen-bond acceptors (Lipinski definition) is 2. The van der Waals surface area contributed by atoms with E-state index in [1.54, 1.807) is 0 Å². The largest absolute Gasteiger partial charge is 0.380 e. The van der Waals surface area contributed by atoms with Crippen molar-refractivity contribution in [2.45, 2.75) is 19.4 Å². The number of rotatable bonds is 2. The Bertz CT molecular complexity index is 319. The molecule has 1 aliphatic rings. The van der Waals surface area contributed by atoms with Gasteiger partial charge in [-0.15, -0.1) is 0 Å². The molecule has 1 aromatic carbocycles. The molecule has 0 aromatic heterocycles. The van der Waals surface area contributed by atoms with Gasteiger partial charge in [-0.1, -0.05) is 17.7 Å². The molecule has 0 radical (unpaired) electrons. The normalized spacial score (nSPS) is 21.1. The summed E-state index contributed by atoms with van der Waals surface area (Å²) in [4.78, 5) is 0. The highest BCUT2D eigenvalue weighted by atomic mass is 35.5. The summed E-state index contributed by atoms with van der Waals surface area (Å²) in [5.74, 6) is 0. The summed E-state index contributed by atoms with van der Waals surface area (Å²) in [7, 11) is 0. The van der Waals surface area contributed by atoms with Crippen LogP contribution in [0.2, 0.25) is 5.02 Å². The summed E-state index contributed by atoms with van der Waals surface area (Å²) in [6.45, 7) is 4.21. The van der Waals surface area contributed by atoms with E-state index >= 15 is 0 Å². The highest BCUT2D eigenvalue weighted by Crippen LogP contribution is 2.24. The van der Waals surface area contributed by atoms with Crippen molar-refractivity contribution in [3.8, 4) is 0 Å². The van der Waals surface area contributed by atoms with Gasteiger partial charge in [-0.2, -0.15) is 0 Å². The maximum atomic E-state index is 6.09. The molecule has 2 nitrogen and oxygen atoms in total. The number of benzene rings is 1. The van der Waals surface area contributed by atoms with E-state index < -0.39 is 0 Å². The first-order valence-electron chi connectivity index (χ1n) is 4.99. The van der Waals surface area contributed by atoms with Crippen LogP contribution >= 0.6 is 11.6 Å². The van der Waals surface area contributed by atoms with Crippen molar-refractivity contribution in [3.05, 3.63) is 28.8 Å². The quantitative estimate of drug-likeness (QED) is 0.784. The maximum Gasteiger partial charge on any atom is 0.0637 e. The highest BCUT2D eigenvalue weighted by molar-refractivity contribution is 6.33. The molecule has 1 saturated heterocycles. The van der Waals surface area contributed by atoms with Gasteiger partial charge in [-0.05, 0) is 37.6 Å². The third-order valence-corrected chi connectivity index (χ3v) is 2.87. The standard InChI is InChI=1S/C11H15ClN2/c1-8-2-3-10(12)11(6-8)14-9-4-5-13-7-9/h2-3,6,9,13-14H,4-5,7H2,1H3. The first-order valence-corrected chi connectivity index (χ1v) is 5.37. The van der Waals surface area contributed by atoms with Gasteiger partial charge in [0.05, 0.1) is 10.7 Å². The predicted octanol–water partition coefficient (Wildman–Crippen LogP) is 2.42. The molecule has 0 spiro atoms. The Morgan fingerprint density at radius 1 is 1.50 bits per heavy atom. The van der Waals surface area contributed by atoms with Gasteiger partial charge >= 0.3 is 0 Å². The number of anilines is 1. The number of halogens is 1. The minimum atomic E-state index is 0.522. The highest BCUT2D eigenvalue weighted by Gasteiger charge is 2.14. The molecule has 1 unspecified atom stereocenters. The molecule has 1 aromatic rings. The fourth-order valence-corrected chi connectivity index (χ4v) is 1.92. The van der Waals surface area contributed by atoms with Gasteiger partial charge in [-0.25, -0.2) is 0 Å². The van der Waals surface area contributed by atoms with E-state index in [4.69, 9.17) is 11.6 Å². The van der Waals surface area contributed by atoms with Crippen molar-refractivity contribution in [2.75, 3.05) is 18.4 Å². The summed E-state index contributed by atoms with van der Waals surface area (Å²) in [6.07, 6.45) is 1.17. The summed E-state index contributed by atoms with van der Waals surface area (Å²) in [5, 5.41) is 7.58. The minimum absolute atomic E-state index is 0.522. The van der Waals surface area contributed by atoms with E-state index in [0.29, 0.717) is 6.04 Å². The average molecular weight is 211 g/mol. The Morgan fingerprint density at radius 2 is 2.36 bits per heavy atom. The van der Waals surface area contributed by atoms with Crippen LogP contribution in [0.4, 0.5) is 5.69 Å². The topological polar surface area (TPSA) is 24.1 Å². The van der Waals surface area contributed by atoms with E-state index in [1.165, 1.54) is 12.0 Å². The van der Waals surface area contributed by atoms with E-state index in [9.17, 15) is 0 Å². The molecule has 14 heavy (non-hydrogen) atoms. The van der Waals surface area contributed by atoms with Crippen LogP contribution < -0.4 is 10.6 Å². The van der Waals surface area contributed by atoms with Crippen LogP contribution in [0.1, 0.15) is 12.0 Å². The second kappa shape index (κ2) is 4.20. The zero-order chi connectivity index (χ0) is 9.97. The predicted molar refractivity (Wildman–Crippen MR) is 61.1 cm³/mol. The SMILES string of the molecule is Cc1ccc(Cl)c(NC2CCNC2)c1. The molecule has 3 heteroatoms. The van der Waals surface area contributed by atoms with Gasteiger partial charge in [0, 0.05) is 12.6 Å². The number of aryl methyl sites for hydroxylation is 1. The lowest BCUT2D eigenvalue weighted by atomic mass is 10.2. The lowest BCUT2D eigenvalue weighted by Gasteiger charge is -2.14. The first kappa shape index (κ1) is 9.81. The van der Waals surface area contributed by atoms with E-state index in [-0.39, 0.29) is 0 Å². The van der Waals surface area contributed by atoms with Crippen molar-refractivity contribution in [1.29, 1.82) is 0 Å². The molecule has 0 amide bonds. The summed E-state index contributed by atoms with van der Waals surface area (Å²) in [5.41, 5.74) is 2.29. The van der Waals surface area contributed by atoms with Gasteiger partial charge in [0.1, 0.15) is 0 Å². The molecule has 1 fully saturated rings. The van der Waals surface area contributed by atoms with Gasteiger partial charge in [0.2, 0.25) is 0 Å². The molecular weight excluding hydrogens is 196 g/mol. The molecule has 1 atom stereocenters. The molecule has 0 saturated carbocycles. The fourth-order valence-electron chi connectivity index (χ4n) is 1.75. The Hall–Kier alpha value is -0.730. The van der Waals surface area contributed by atoms with Crippen LogP contribution in [0.3, 0.4) is 0 Å². The lowest BCUT2D eigenvalue weighted by molar-refractivity contribution is 0.793. The van der Waals surface area contributed by atoms with Crippen molar-refractivity contribution in [3.63, 3.8) is 0 Å². The van der Waals surface area contributed by atoms with Crippen LogP contribution in [0, 0.1) is 6.92 Å². The zero-order valence-corrected chi connectivity index (χ0v) is 9.06. The van der Waals surface area contributed by atoms with Gasteiger partial charge in [-0.3, -0.25) is 0 Å². The average Bonchev–Trinajstić information content (AvgIpc) is 2.64. The van der Waals surface area contributed by atoms with Crippen molar-refractivity contribution in [2.24, 2.45) is 0 Å². The summed E-state index contributed by atoms with van der Waals surface area (Å²) in [6, 6.07) is 6.59. The number of hydrogen-bond donors (Lipinski definition) is 2. The zero-order valence-electron chi connectivity index (χ0n) is 8.31. The van der Waals surface area contributed by atoms with Gasteiger partial charge in [0.15, 0.2) is 0 Å². The second-order valence-corrected chi connectivity index (χ2v) is 4.22. The van der Waals surface area contributed by atoms with Crippen molar-refractivity contribution >= 4 is 17.3 Å². The maximum absolute atomic E-state index is 6.09. The third kappa shape index (κ3) is 2.20. The van der Waals surface area contributed by atoms with Crippen LogP contribution in [-0.2, 0) is 0 Å². The Kier molecular flexibility index (Phi) is 2.94. The van der Waals surface area contributed by atoms with Crippen LogP contribution in [-0.4, -0.2) is 19.1 Å². The molecule has 0 aliphatic carbocycles. The van der Waals surface area contributed by atoms with Crippen LogP contribution in [0.5, 0.6) is 0 Å². The molecule has 2 N–H and O–H groups in total. The Morgan fingerprint density at radius 3 is 3.07 bits per heavy atom. The molecule has 2 rings (SSSR count). The number of nitrogens with one attached hydrogen (secondary N) is 2. The summed E-state index contributed by atoms with van der Waals surface area (Å²) >= 11 is 6.09. The molecular formula is C11H15ClN2. The molecule has 76 valence electrons.